The molecule has 2 aromatic rings. The summed E-state index contributed by atoms with van der Waals surface area (Å²) >= 11 is 0. The Balaban J connectivity index is 2.21. The monoisotopic (exact) mass is 250 g/mol. The van der Waals surface area contributed by atoms with E-state index >= 15 is 0 Å². The highest BCUT2D eigenvalue weighted by atomic mass is 15.2. The molecule has 0 spiro atoms. The first kappa shape index (κ1) is 12.7. The van der Waals surface area contributed by atoms with Crippen molar-refractivity contribution in [3.63, 3.8) is 0 Å². The van der Waals surface area contributed by atoms with Gasteiger partial charge in [0.05, 0.1) is 17.3 Å². The number of rotatable bonds is 2. The van der Waals surface area contributed by atoms with Crippen LogP contribution in [0.2, 0.25) is 0 Å². The third-order valence-electron chi connectivity index (χ3n) is 2.73. The highest BCUT2D eigenvalue weighted by molar-refractivity contribution is 5.95. The molecule has 0 heterocycles. The van der Waals surface area contributed by atoms with Crippen LogP contribution in [0.5, 0.6) is 0 Å². The molecular formula is C15H14N4. The lowest BCUT2D eigenvalue weighted by Crippen LogP contribution is -2.33. The lowest BCUT2D eigenvalue weighted by Gasteiger charge is -2.18. The smallest absolute Gasteiger partial charge is 0.200 e. The zero-order valence-electron chi connectivity index (χ0n) is 10.6. The highest BCUT2D eigenvalue weighted by Crippen LogP contribution is 2.15. The SMILES string of the molecule is CN(C(N)=Nc1ccccc1)c1ccc(C#N)cc1. The Morgan fingerprint density at radius 2 is 1.74 bits per heavy atom. The standard InChI is InChI=1S/C15H14N4/c1-19(14-9-7-12(11-16)8-10-14)15(17)18-13-5-3-2-4-6-13/h2-10H,1H3,(H2,17,18). The summed E-state index contributed by atoms with van der Waals surface area (Å²) < 4.78 is 0. The molecule has 0 saturated carbocycles. The second kappa shape index (κ2) is 5.69. The largest absolute Gasteiger partial charge is 0.369 e. The van der Waals surface area contributed by atoms with Crippen LogP contribution in [-0.2, 0) is 0 Å². The lowest BCUT2D eigenvalue weighted by molar-refractivity contribution is 1.22. The summed E-state index contributed by atoms with van der Waals surface area (Å²) in [7, 11) is 1.84. The molecule has 2 aromatic carbocycles. The molecule has 0 radical (unpaired) electrons. The van der Waals surface area contributed by atoms with Gasteiger partial charge in [-0.1, -0.05) is 18.2 Å². The van der Waals surface area contributed by atoms with E-state index in [1.54, 1.807) is 17.0 Å². The molecule has 0 aromatic heterocycles. The molecule has 2 N–H and O–H groups in total. The van der Waals surface area contributed by atoms with Gasteiger partial charge in [-0.3, -0.25) is 0 Å². The number of guanidine groups is 1. The van der Waals surface area contributed by atoms with Gasteiger partial charge in [0.2, 0.25) is 5.96 Å². The average Bonchev–Trinajstić information content (AvgIpc) is 2.47. The fourth-order valence-electron chi connectivity index (χ4n) is 1.60. The van der Waals surface area contributed by atoms with E-state index < -0.39 is 0 Å². The maximum absolute atomic E-state index is 8.76. The number of benzene rings is 2. The van der Waals surface area contributed by atoms with Crippen LogP contribution >= 0.6 is 0 Å². The number of para-hydroxylation sites is 1. The van der Waals surface area contributed by atoms with E-state index in [4.69, 9.17) is 11.0 Å². The van der Waals surface area contributed by atoms with Crippen LogP contribution in [0.1, 0.15) is 5.56 Å². The number of nitrogens with zero attached hydrogens (tertiary/aromatic N) is 3. The molecule has 0 atom stereocenters. The Kier molecular flexibility index (Phi) is 3.79. The van der Waals surface area contributed by atoms with Crippen LogP contribution in [0.3, 0.4) is 0 Å². The van der Waals surface area contributed by atoms with Crippen molar-refractivity contribution in [2.75, 3.05) is 11.9 Å². The van der Waals surface area contributed by atoms with Crippen molar-refractivity contribution in [3.8, 4) is 6.07 Å². The molecule has 0 aliphatic carbocycles. The van der Waals surface area contributed by atoms with Crippen molar-refractivity contribution in [1.82, 2.24) is 0 Å². The van der Waals surface area contributed by atoms with Crippen molar-refractivity contribution in [1.29, 1.82) is 5.26 Å². The summed E-state index contributed by atoms with van der Waals surface area (Å²) in [6, 6.07) is 18.8. The van der Waals surface area contributed by atoms with E-state index in [2.05, 4.69) is 11.1 Å². The first-order chi connectivity index (χ1) is 9.20. The maximum Gasteiger partial charge on any atom is 0.200 e. The molecule has 0 aliphatic rings. The van der Waals surface area contributed by atoms with Gasteiger partial charge >= 0.3 is 0 Å². The van der Waals surface area contributed by atoms with E-state index in [1.165, 1.54) is 0 Å². The van der Waals surface area contributed by atoms with Gasteiger partial charge in [-0.25, -0.2) is 4.99 Å². The van der Waals surface area contributed by atoms with Crippen LogP contribution < -0.4 is 10.6 Å². The van der Waals surface area contributed by atoms with E-state index in [0.717, 1.165) is 11.4 Å². The fourth-order valence-corrected chi connectivity index (χ4v) is 1.60. The van der Waals surface area contributed by atoms with Gasteiger partial charge < -0.3 is 10.6 Å². The van der Waals surface area contributed by atoms with Gasteiger partial charge in [-0.2, -0.15) is 5.26 Å². The van der Waals surface area contributed by atoms with Gasteiger partial charge in [0.25, 0.3) is 0 Å². The zero-order chi connectivity index (χ0) is 13.7. The Bertz CT molecular complexity index is 609. The first-order valence-electron chi connectivity index (χ1n) is 5.84. The molecular weight excluding hydrogens is 236 g/mol. The molecule has 94 valence electrons. The number of hydrogen-bond donors (Lipinski definition) is 1. The quantitative estimate of drug-likeness (QED) is 0.658. The van der Waals surface area contributed by atoms with Gasteiger partial charge in [0.15, 0.2) is 0 Å². The molecule has 0 saturated heterocycles. The summed E-state index contributed by atoms with van der Waals surface area (Å²) in [5.74, 6) is 0.399. The molecule has 0 aliphatic heterocycles. The number of anilines is 1. The Labute approximate surface area is 112 Å². The molecule has 4 nitrogen and oxygen atoms in total. The number of nitriles is 1. The topological polar surface area (TPSA) is 65.4 Å². The predicted molar refractivity (Wildman–Crippen MR) is 77.3 cm³/mol. The number of nitrogens with two attached hydrogens (primary N) is 1. The minimum atomic E-state index is 0.399. The highest BCUT2D eigenvalue weighted by Gasteiger charge is 2.05. The van der Waals surface area contributed by atoms with Crippen molar-refractivity contribution < 1.29 is 0 Å². The summed E-state index contributed by atoms with van der Waals surface area (Å²) in [5.41, 5.74) is 8.28. The molecule has 2 rings (SSSR count). The minimum absolute atomic E-state index is 0.399. The predicted octanol–water partition coefficient (Wildman–Crippen LogP) is 2.64. The molecule has 0 amide bonds. The molecule has 0 unspecified atom stereocenters. The lowest BCUT2D eigenvalue weighted by atomic mass is 10.2. The third-order valence-corrected chi connectivity index (χ3v) is 2.73. The van der Waals surface area contributed by atoms with E-state index in [-0.39, 0.29) is 0 Å². The molecule has 0 fully saturated rings. The average molecular weight is 250 g/mol. The van der Waals surface area contributed by atoms with Gasteiger partial charge in [-0.05, 0) is 36.4 Å². The van der Waals surface area contributed by atoms with E-state index in [0.29, 0.717) is 11.5 Å². The maximum atomic E-state index is 8.76. The number of hydrogen-bond acceptors (Lipinski definition) is 2. The van der Waals surface area contributed by atoms with Crippen molar-refractivity contribution in [2.24, 2.45) is 10.7 Å². The molecule has 0 bridgehead atoms. The van der Waals surface area contributed by atoms with Crippen LogP contribution in [0, 0.1) is 11.3 Å². The molecule has 4 heteroatoms. The van der Waals surface area contributed by atoms with E-state index in [1.807, 2.05) is 49.5 Å². The second-order valence-electron chi connectivity index (χ2n) is 4.02. The Morgan fingerprint density at radius 3 is 2.32 bits per heavy atom. The van der Waals surface area contributed by atoms with Crippen LogP contribution in [-0.4, -0.2) is 13.0 Å². The summed E-state index contributed by atoms with van der Waals surface area (Å²) in [6.45, 7) is 0. The van der Waals surface area contributed by atoms with Crippen molar-refractivity contribution in [3.05, 3.63) is 60.2 Å². The van der Waals surface area contributed by atoms with Crippen LogP contribution in [0.4, 0.5) is 11.4 Å². The third kappa shape index (κ3) is 3.11. The summed E-state index contributed by atoms with van der Waals surface area (Å²) in [4.78, 5) is 6.11. The van der Waals surface area contributed by atoms with Crippen LogP contribution in [0.25, 0.3) is 0 Å². The van der Waals surface area contributed by atoms with Gasteiger partial charge in [0, 0.05) is 12.7 Å². The Morgan fingerprint density at radius 1 is 1.11 bits per heavy atom. The Hall–Kier alpha value is -2.80. The second-order valence-corrected chi connectivity index (χ2v) is 4.02. The fraction of sp³-hybridized carbons (Fsp3) is 0.0667. The summed E-state index contributed by atoms with van der Waals surface area (Å²) in [6.07, 6.45) is 0. The first-order valence-corrected chi connectivity index (χ1v) is 5.84. The number of aliphatic imine (C=N–C) groups is 1. The minimum Gasteiger partial charge on any atom is -0.369 e. The normalized spacial score (nSPS) is 10.8. The summed E-state index contributed by atoms with van der Waals surface area (Å²) in [5, 5.41) is 8.76. The van der Waals surface area contributed by atoms with Crippen molar-refractivity contribution >= 4 is 17.3 Å². The zero-order valence-corrected chi connectivity index (χ0v) is 10.6. The van der Waals surface area contributed by atoms with E-state index in [9.17, 15) is 0 Å². The van der Waals surface area contributed by atoms with Gasteiger partial charge in [-0.15, -0.1) is 0 Å². The van der Waals surface area contributed by atoms with Gasteiger partial charge in [0.1, 0.15) is 0 Å². The van der Waals surface area contributed by atoms with Crippen LogP contribution in [0.15, 0.2) is 59.6 Å². The van der Waals surface area contributed by atoms with Crippen molar-refractivity contribution in [2.45, 2.75) is 0 Å². The molecule has 19 heavy (non-hydrogen) atoms.